The molecule has 7 nitrogen and oxygen atoms in total. The zero-order valence-corrected chi connectivity index (χ0v) is 11.8. The Hall–Kier alpha value is -1.79. The molecule has 110 valence electrons. The van der Waals surface area contributed by atoms with E-state index < -0.39 is 29.9 Å². The van der Waals surface area contributed by atoms with Gasteiger partial charge in [-0.25, -0.2) is 4.79 Å². The molecule has 0 aliphatic carbocycles. The number of nitrogens with one attached hydrogen (secondary N) is 2. The summed E-state index contributed by atoms with van der Waals surface area (Å²) in [6, 6.07) is -1.37. The van der Waals surface area contributed by atoms with Gasteiger partial charge in [0, 0.05) is 6.54 Å². The third-order valence-corrected chi connectivity index (χ3v) is 2.86. The van der Waals surface area contributed by atoms with Gasteiger partial charge in [0.15, 0.2) is 0 Å². The molecule has 0 bridgehead atoms. The van der Waals surface area contributed by atoms with Crippen molar-refractivity contribution in [3.05, 3.63) is 0 Å². The van der Waals surface area contributed by atoms with Gasteiger partial charge in [0.1, 0.15) is 6.04 Å². The first-order valence-electron chi connectivity index (χ1n) is 6.23. The molecular weight excluding hydrogens is 250 g/mol. The average molecular weight is 273 g/mol. The van der Waals surface area contributed by atoms with E-state index in [-0.39, 0.29) is 18.4 Å². The molecule has 3 amide bonds. The monoisotopic (exact) mass is 273 g/mol. The van der Waals surface area contributed by atoms with Crippen molar-refractivity contribution in [2.45, 2.75) is 33.7 Å². The predicted molar refractivity (Wildman–Crippen MR) is 70.3 cm³/mol. The standard InChI is InChI=1S/C12H23N3O4/c1-6(2)8(11(17)18)5-14-12(19)15-9(7(3)4)10(13)16/h6-9H,5H2,1-4H3,(H2,13,16)(H,17,18)(H2,14,15,19). The topological polar surface area (TPSA) is 122 Å². The Labute approximate surface area is 112 Å². The van der Waals surface area contributed by atoms with Crippen LogP contribution in [0.3, 0.4) is 0 Å². The quantitative estimate of drug-likeness (QED) is 0.527. The van der Waals surface area contributed by atoms with Crippen LogP contribution in [0, 0.1) is 17.8 Å². The lowest BCUT2D eigenvalue weighted by atomic mass is 9.96. The number of primary amides is 1. The molecule has 2 unspecified atom stereocenters. The number of carboxylic acid groups (broad SMARTS) is 1. The number of carbonyl (C=O) groups excluding carboxylic acids is 2. The number of carboxylic acids is 1. The number of carbonyl (C=O) groups is 3. The molecule has 0 fully saturated rings. The lowest BCUT2D eigenvalue weighted by Gasteiger charge is -2.21. The van der Waals surface area contributed by atoms with Crippen LogP contribution < -0.4 is 16.4 Å². The van der Waals surface area contributed by atoms with Crippen LogP contribution in [0.15, 0.2) is 0 Å². The van der Waals surface area contributed by atoms with Crippen molar-refractivity contribution >= 4 is 17.9 Å². The molecule has 0 saturated carbocycles. The summed E-state index contributed by atoms with van der Waals surface area (Å²) in [6.07, 6.45) is 0. The number of hydrogen-bond acceptors (Lipinski definition) is 3. The molecule has 0 saturated heterocycles. The number of nitrogens with two attached hydrogens (primary N) is 1. The summed E-state index contributed by atoms with van der Waals surface area (Å²) in [4.78, 5) is 33.7. The van der Waals surface area contributed by atoms with Crippen LogP contribution in [-0.4, -0.2) is 35.6 Å². The molecule has 0 radical (unpaired) electrons. The molecule has 2 atom stereocenters. The number of urea groups is 1. The fourth-order valence-corrected chi connectivity index (χ4v) is 1.57. The molecule has 5 N–H and O–H groups in total. The number of rotatable bonds is 7. The Bertz CT molecular complexity index is 342. The lowest BCUT2D eigenvalue weighted by molar-refractivity contribution is -0.143. The Balaban J connectivity index is 4.38. The minimum Gasteiger partial charge on any atom is -0.481 e. The number of aliphatic carboxylic acids is 1. The third kappa shape index (κ3) is 6.08. The minimum atomic E-state index is -0.967. The molecule has 0 aromatic heterocycles. The summed E-state index contributed by atoms with van der Waals surface area (Å²) in [7, 11) is 0. The van der Waals surface area contributed by atoms with Crippen LogP contribution in [0.1, 0.15) is 27.7 Å². The van der Waals surface area contributed by atoms with Crippen LogP contribution in [0.5, 0.6) is 0 Å². The van der Waals surface area contributed by atoms with Crippen LogP contribution in [0.4, 0.5) is 4.79 Å². The van der Waals surface area contributed by atoms with E-state index in [0.717, 1.165) is 0 Å². The van der Waals surface area contributed by atoms with Gasteiger partial charge >= 0.3 is 12.0 Å². The Morgan fingerprint density at radius 2 is 1.63 bits per heavy atom. The molecule has 0 aliphatic rings. The maximum atomic E-state index is 11.6. The maximum Gasteiger partial charge on any atom is 0.315 e. The van der Waals surface area contributed by atoms with E-state index in [4.69, 9.17) is 10.8 Å². The van der Waals surface area contributed by atoms with Crippen LogP contribution in [-0.2, 0) is 9.59 Å². The van der Waals surface area contributed by atoms with Gasteiger partial charge in [-0.1, -0.05) is 27.7 Å². The average Bonchev–Trinajstić information content (AvgIpc) is 2.24. The summed E-state index contributed by atoms with van der Waals surface area (Å²) in [5.74, 6) is -2.50. The highest BCUT2D eigenvalue weighted by Gasteiger charge is 2.24. The molecule has 0 aromatic carbocycles. The van der Waals surface area contributed by atoms with Gasteiger partial charge in [-0.3, -0.25) is 9.59 Å². The maximum absolute atomic E-state index is 11.6. The molecule has 0 spiro atoms. The van der Waals surface area contributed by atoms with Crippen LogP contribution in [0.25, 0.3) is 0 Å². The van der Waals surface area contributed by atoms with Gasteiger partial charge in [0.25, 0.3) is 0 Å². The fourth-order valence-electron chi connectivity index (χ4n) is 1.57. The van der Waals surface area contributed by atoms with Crippen molar-refractivity contribution in [1.29, 1.82) is 0 Å². The van der Waals surface area contributed by atoms with Crippen LogP contribution in [0.2, 0.25) is 0 Å². The lowest BCUT2D eigenvalue weighted by Crippen LogP contribution is -2.52. The SMILES string of the molecule is CC(C)C(CNC(=O)NC(C(N)=O)C(C)C)C(=O)O. The number of hydrogen-bond donors (Lipinski definition) is 4. The van der Waals surface area contributed by atoms with Crippen LogP contribution >= 0.6 is 0 Å². The molecular formula is C12H23N3O4. The summed E-state index contributed by atoms with van der Waals surface area (Å²) in [5.41, 5.74) is 5.16. The molecule has 0 rings (SSSR count). The van der Waals surface area contributed by atoms with Gasteiger partial charge < -0.3 is 21.5 Å². The van der Waals surface area contributed by atoms with E-state index in [9.17, 15) is 14.4 Å². The van der Waals surface area contributed by atoms with E-state index in [1.807, 2.05) is 0 Å². The van der Waals surface area contributed by atoms with E-state index in [2.05, 4.69) is 10.6 Å². The molecule has 0 aliphatic heterocycles. The Morgan fingerprint density at radius 3 is 1.95 bits per heavy atom. The van der Waals surface area contributed by atoms with Crippen molar-refractivity contribution < 1.29 is 19.5 Å². The molecule has 0 aromatic rings. The molecule has 19 heavy (non-hydrogen) atoms. The van der Waals surface area contributed by atoms with Gasteiger partial charge in [0.2, 0.25) is 5.91 Å². The first-order chi connectivity index (χ1) is 8.66. The molecule has 0 heterocycles. The summed E-state index contributed by atoms with van der Waals surface area (Å²) < 4.78 is 0. The highest BCUT2D eigenvalue weighted by molar-refractivity contribution is 5.86. The van der Waals surface area contributed by atoms with Crippen molar-refractivity contribution in [2.75, 3.05) is 6.54 Å². The normalized spacial score (nSPS) is 14.0. The van der Waals surface area contributed by atoms with Gasteiger partial charge in [0.05, 0.1) is 5.92 Å². The second-order valence-corrected chi connectivity index (χ2v) is 5.17. The summed E-state index contributed by atoms with van der Waals surface area (Å²) in [5, 5.41) is 13.8. The van der Waals surface area contributed by atoms with Crippen molar-refractivity contribution in [3.8, 4) is 0 Å². The second-order valence-electron chi connectivity index (χ2n) is 5.17. The highest BCUT2D eigenvalue weighted by atomic mass is 16.4. The molecule has 7 heteroatoms. The number of amides is 3. The van der Waals surface area contributed by atoms with E-state index in [1.165, 1.54) is 0 Å². The van der Waals surface area contributed by atoms with Crippen molar-refractivity contribution in [1.82, 2.24) is 10.6 Å². The first-order valence-corrected chi connectivity index (χ1v) is 6.23. The summed E-state index contributed by atoms with van der Waals surface area (Å²) >= 11 is 0. The zero-order chi connectivity index (χ0) is 15.2. The van der Waals surface area contributed by atoms with Crippen molar-refractivity contribution in [3.63, 3.8) is 0 Å². The van der Waals surface area contributed by atoms with Gasteiger partial charge in [-0.05, 0) is 11.8 Å². The Morgan fingerprint density at radius 1 is 1.11 bits per heavy atom. The first kappa shape index (κ1) is 17.2. The fraction of sp³-hybridized carbons (Fsp3) is 0.750. The predicted octanol–water partition coefficient (Wildman–Crippen LogP) is 0.152. The largest absolute Gasteiger partial charge is 0.481 e. The highest BCUT2D eigenvalue weighted by Crippen LogP contribution is 2.09. The van der Waals surface area contributed by atoms with E-state index >= 15 is 0 Å². The van der Waals surface area contributed by atoms with E-state index in [0.29, 0.717) is 0 Å². The zero-order valence-electron chi connectivity index (χ0n) is 11.8. The van der Waals surface area contributed by atoms with Gasteiger partial charge in [-0.2, -0.15) is 0 Å². The minimum absolute atomic E-state index is 0.00239. The van der Waals surface area contributed by atoms with Crippen molar-refractivity contribution in [2.24, 2.45) is 23.5 Å². The Kier molecular flexibility index (Phi) is 6.89. The third-order valence-electron chi connectivity index (χ3n) is 2.86. The van der Waals surface area contributed by atoms with E-state index in [1.54, 1.807) is 27.7 Å². The smallest absolute Gasteiger partial charge is 0.315 e. The van der Waals surface area contributed by atoms with Gasteiger partial charge in [-0.15, -0.1) is 0 Å². The second kappa shape index (κ2) is 7.60. The summed E-state index contributed by atoms with van der Waals surface area (Å²) in [6.45, 7) is 7.04.